The molecule has 8 heteroatoms. The zero-order chi connectivity index (χ0) is 17.7. The van der Waals surface area contributed by atoms with Crippen LogP contribution in [0.2, 0.25) is 0 Å². The minimum atomic E-state index is -0.988. The number of aromatic carboxylic acids is 1. The lowest BCUT2D eigenvalue weighted by molar-refractivity contribution is -0.119. The highest BCUT2D eigenvalue weighted by Gasteiger charge is 2.58. The molecule has 0 spiro atoms. The smallest absolute Gasteiger partial charge is 0.338 e. The number of nitrogens with zero attached hydrogens (tertiary/aromatic N) is 4. The molecule has 0 radical (unpaired) electrons. The Hall–Kier alpha value is -2.90. The standard InChI is InChI=1S/C17H19N5O3/c1-9-10(5-22-6-11(4-19-22)17(24)25)2-3-14(20-9)21-7-12-13(8-21)15(12)16(18)23/h2-4,6,12-13,15H,5,7-8H2,1H3,(H2,18,23)(H,24,25). The van der Waals surface area contributed by atoms with Crippen molar-refractivity contribution in [3.63, 3.8) is 0 Å². The number of piperidine rings is 1. The van der Waals surface area contributed by atoms with Crippen molar-refractivity contribution in [3.05, 3.63) is 41.3 Å². The molecule has 3 N–H and O–H groups in total. The van der Waals surface area contributed by atoms with Crippen molar-refractivity contribution in [1.29, 1.82) is 0 Å². The van der Waals surface area contributed by atoms with E-state index >= 15 is 0 Å². The lowest BCUT2D eigenvalue weighted by atomic mass is 10.2. The highest BCUT2D eigenvalue weighted by Crippen LogP contribution is 2.52. The number of aromatic nitrogens is 3. The van der Waals surface area contributed by atoms with Gasteiger partial charge in [0.15, 0.2) is 0 Å². The number of anilines is 1. The Bertz CT molecular complexity index is 850. The first-order valence-corrected chi connectivity index (χ1v) is 8.20. The Morgan fingerprint density at radius 2 is 2.04 bits per heavy atom. The number of hydrogen-bond donors (Lipinski definition) is 2. The number of aryl methyl sites for hydroxylation is 1. The van der Waals surface area contributed by atoms with Crippen LogP contribution in [-0.2, 0) is 11.3 Å². The van der Waals surface area contributed by atoms with Gasteiger partial charge in [0.25, 0.3) is 0 Å². The summed E-state index contributed by atoms with van der Waals surface area (Å²) in [7, 11) is 0. The van der Waals surface area contributed by atoms with Gasteiger partial charge in [-0.1, -0.05) is 6.07 Å². The second kappa shape index (κ2) is 5.58. The molecule has 2 atom stereocenters. The van der Waals surface area contributed by atoms with Gasteiger partial charge in [-0.25, -0.2) is 9.78 Å². The lowest BCUT2D eigenvalue weighted by Gasteiger charge is -2.21. The number of carboxylic acids is 1. The molecule has 4 rings (SSSR count). The van der Waals surface area contributed by atoms with E-state index in [0.717, 1.165) is 30.2 Å². The molecule has 0 bridgehead atoms. The van der Waals surface area contributed by atoms with Gasteiger partial charge in [-0.3, -0.25) is 9.48 Å². The van der Waals surface area contributed by atoms with Crippen LogP contribution in [0.15, 0.2) is 24.5 Å². The highest BCUT2D eigenvalue weighted by atomic mass is 16.4. The van der Waals surface area contributed by atoms with E-state index in [1.165, 1.54) is 12.4 Å². The molecule has 1 saturated carbocycles. The predicted molar refractivity (Wildman–Crippen MR) is 89.1 cm³/mol. The van der Waals surface area contributed by atoms with Gasteiger partial charge in [0.2, 0.25) is 5.91 Å². The summed E-state index contributed by atoms with van der Waals surface area (Å²) in [4.78, 5) is 29.1. The third-order valence-electron chi connectivity index (χ3n) is 5.24. The van der Waals surface area contributed by atoms with Crippen molar-refractivity contribution in [2.75, 3.05) is 18.0 Å². The van der Waals surface area contributed by atoms with E-state index in [4.69, 9.17) is 10.8 Å². The quantitative estimate of drug-likeness (QED) is 0.818. The number of amides is 1. The Kier molecular flexibility index (Phi) is 3.48. The van der Waals surface area contributed by atoms with Crippen LogP contribution in [-0.4, -0.2) is 44.8 Å². The first-order valence-electron chi connectivity index (χ1n) is 8.20. The first-order chi connectivity index (χ1) is 11.9. The van der Waals surface area contributed by atoms with Gasteiger partial charge in [-0.05, 0) is 30.4 Å². The van der Waals surface area contributed by atoms with Gasteiger partial charge >= 0.3 is 5.97 Å². The average molecular weight is 341 g/mol. The van der Waals surface area contributed by atoms with Crippen molar-refractivity contribution >= 4 is 17.7 Å². The number of primary amides is 1. The Morgan fingerprint density at radius 1 is 1.32 bits per heavy atom. The maximum atomic E-state index is 11.3. The maximum absolute atomic E-state index is 11.3. The molecule has 2 aromatic rings. The zero-order valence-corrected chi connectivity index (χ0v) is 13.8. The van der Waals surface area contributed by atoms with Crippen LogP contribution >= 0.6 is 0 Å². The molecule has 8 nitrogen and oxygen atoms in total. The summed E-state index contributed by atoms with van der Waals surface area (Å²) < 4.78 is 1.59. The van der Waals surface area contributed by atoms with Crippen LogP contribution in [0.4, 0.5) is 5.82 Å². The van der Waals surface area contributed by atoms with Gasteiger partial charge in [0, 0.05) is 30.9 Å². The monoisotopic (exact) mass is 341 g/mol. The van der Waals surface area contributed by atoms with Crippen LogP contribution in [0, 0.1) is 24.7 Å². The molecular weight excluding hydrogens is 322 g/mol. The fourth-order valence-electron chi connectivity index (χ4n) is 3.79. The highest BCUT2D eigenvalue weighted by molar-refractivity contribution is 5.86. The van der Waals surface area contributed by atoms with E-state index < -0.39 is 5.97 Å². The third-order valence-corrected chi connectivity index (χ3v) is 5.24. The largest absolute Gasteiger partial charge is 0.478 e. The summed E-state index contributed by atoms with van der Waals surface area (Å²) in [5.74, 6) is 0.520. The SMILES string of the molecule is Cc1nc(N2CC3C(C2)C3C(N)=O)ccc1Cn1cc(C(=O)O)cn1. The van der Waals surface area contributed by atoms with Gasteiger partial charge in [0.05, 0.1) is 18.3 Å². The van der Waals surface area contributed by atoms with Crippen LogP contribution in [0.1, 0.15) is 21.6 Å². The summed E-state index contributed by atoms with van der Waals surface area (Å²) >= 11 is 0. The summed E-state index contributed by atoms with van der Waals surface area (Å²) in [6, 6.07) is 3.96. The number of pyridine rings is 1. The molecule has 0 aromatic carbocycles. The number of carbonyl (C=O) groups is 2. The molecule has 2 aromatic heterocycles. The molecule has 2 unspecified atom stereocenters. The molecule has 25 heavy (non-hydrogen) atoms. The van der Waals surface area contributed by atoms with Gasteiger partial charge in [-0.15, -0.1) is 0 Å². The topological polar surface area (TPSA) is 114 Å². The van der Waals surface area contributed by atoms with Crippen molar-refractivity contribution in [3.8, 4) is 0 Å². The summed E-state index contributed by atoms with van der Waals surface area (Å²) in [5, 5.41) is 13.0. The Morgan fingerprint density at radius 3 is 2.60 bits per heavy atom. The van der Waals surface area contributed by atoms with Crippen LogP contribution in [0.25, 0.3) is 0 Å². The second-order valence-electron chi connectivity index (χ2n) is 6.81. The lowest BCUT2D eigenvalue weighted by Crippen LogP contribution is -2.29. The Labute approximate surface area is 144 Å². The molecule has 2 aliphatic rings. The number of rotatable bonds is 5. The molecule has 2 fully saturated rings. The van der Waals surface area contributed by atoms with Crippen molar-refractivity contribution in [2.24, 2.45) is 23.5 Å². The minimum absolute atomic E-state index is 0.0415. The summed E-state index contributed by atoms with van der Waals surface area (Å²) in [6.45, 7) is 4.06. The van der Waals surface area contributed by atoms with E-state index in [9.17, 15) is 9.59 Å². The Balaban J connectivity index is 1.45. The second-order valence-corrected chi connectivity index (χ2v) is 6.81. The molecule has 130 valence electrons. The molecule has 3 heterocycles. The number of fused-ring (bicyclic) bond motifs is 1. The van der Waals surface area contributed by atoms with Gasteiger partial charge in [0.1, 0.15) is 5.82 Å². The van der Waals surface area contributed by atoms with E-state index in [1.807, 2.05) is 19.1 Å². The van der Waals surface area contributed by atoms with Gasteiger partial charge < -0.3 is 15.7 Å². The maximum Gasteiger partial charge on any atom is 0.338 e. The van der Waals surface area contributed by atoms with Crippen LogP contribution in [0.5, 0.6) is 0 Å². The number of nitrogens with two attached hydrogens (primary N) is 1. The summed E-state index contributed by atoms with van der Waals surface area (Å²) in [6.07, 6.45) is 2.85. The van der Waals surface area contributed by atoms with E-state index in [2.05, 4.69) is 15.0 Å². The number of hydrogen-bond acceptors (Lipinski definition) is 5. The zero-order valence-electron chi connectivity index (χ0n) is 13.8. The molecular formula is C17H19N5O3. The molecule has 1 amide bonds. The summed E-state index contributed by atoms with van der Waals surface area (Å²) in [5.41, 5.74) is 7.44. The fraction of sp³-hybridized carbons (Fsp3) is 0.412. The fourth-order valence-corrected chi connectivity index (χ4v) is 3.79. The normalized spacial score (nSPS) is 24.2. The van der Waals surface area contributed by atoms with Crippen molar-refractivity contribution in [2.45, 2.75) is 13.5 Å². The molecule has 1 saturated heterocycles. The van der Waals surface area contributed by atoms with Crippen molar-refractivity contribution < 1.29 is 14.7 Å². The molecule has 1 aliphatic carbocycles. The number of carboxylic acid groups (broad SMARTS) is 1. The predicted octanol–water partition coefficient (Wildman–Crippen LogP) is 0.501. The van der Waals surface area contributed by atoms with Gasteiger partial charge in [-0.2, -0.15) is 5.10 Å². The average Bonchev–Trinajstić information content (AvgIpc) is 2.91. The number of carbonyl (C=O) groups excluding carboxylic acids is 1. The van der Waals surface area contributed by atoms with E-state index in [-0.39, 0.29) is 17.4 Å². The van der Waals surface area contributed by atoms with Crippen molar-refractivity contribution in [1.82, 2.24) is 14.8 Å². The minimum Gasteiger partial charge on any atom is -0.478 e. The first kappa shape index (κ1) is 15.6. The molecule has 1 aliphatic heterocycles. The third kappa shape index (κ3) is 2.73. The van der Waals surface area contributed by atoms with Crippen LogP contribution < -0.4 is 10.6 Å². The van der Waals surface area contributed by atoms with E-state index in [0.29, 0.717) is 18.4 Å². The van der Waals surface area contributed by atoms with E-state index in [1.54, 1.807) is 4.68 Å². The van der Waals surface area contributed by atoms with Crippen LogP contribution in [0.3, 0.4) is 0 Å².